The molecule has 3 heteroatoms. The van der Waals surface area contributed by atoms with Crippen molar-refractivity contribution in [1.82, 2.24) is 0 Å². The van der Waals surface area contributed by atoms with Gasteiger partial charge in [-0.05, 0) is 30.9 Å². The molecule has 2 atom stereocenters. The minimum atomic E-state index is 0.603. The highest BCUT2D eigenvalue weighted by atomic mass is 35.5. The van der Waals surface area contributed by atoms with Crippen molar-refractivity contribution in [2.45, 2.75) is 38.6 Å². The van der Waals surface area contributed by atoms with Gasteiger partial charge in [-0.2, -0.15) is 0 Å². The van der Waals surface area contributed by atoms with Gasteiger partial charge in [-0.3, -0.25) is 0 Å². The van der Waals surface area contributed by atoms with E-state index in [0.29, 0.717) is 11.1 Å². The second kappa shape index (κ2) is 5.63. The van der Waals surface area contributed by atoms with Crippen LogP contribution in [0.3, 0.4) is 0 Å². The van der Waals surface area contributed by atoms with Crippen LogP contribution < -0.4 is 10.1 Å². The number of methoxy groups -OCH3 is 1. The van der Waals surface area contributed by atoms with Crippen LogP contribution in [0.5, 0.6) is 5.75 Å². The summed E-state index contributed by atoms with van der Waals surface area (Å²) in [6.07, 6.45) is 5.20. The summed E-state index contributed by atoms with van der Waals surface area (Å²) in [5, 5.41) is 4.27. The van der Waals surface area contributed by atoms with E-state index in [2.05, 4.69) is 12.2 Å². The van der Waals surface area contributed by atoms with Gasteiger partial charge in [-0.25, -0.2) is 0 Å². The standard InChI is InChI=1S/C14H20ClNO/c1-3-10-5-4-6-13(10)16-11-7-8-12(15)14(9-11)17-2/h7-10,13,16H,3-6H2,1-2H3. The van der Waals surface area contributed by atoms with Crippen molar-refractivity contribution in [3.63, 3.8) is 0 Å². The smallest absolute Gasteiger partial charge is 0.139 e. The maximum Gasteiger partial charge on any atom is 0.139 e. The lowest BCUT2D eigenvalue weighted by Gasteiger charge is -2.21. The summed E-state index contributed by atoms with van der Waals surface area (Å²) >= 11 is 6.02. The highest BCUT2D eigenvalue weighted by Crippen LogP contribution is 2.33. The largest absolute Gasteiger partial charge is 0.495 e. The van der Waals surface area contributed by atoms with E-state index in [0.717, 1.165) is 17.4 Å². The van der Waals surface area contributed by atoms with Crippen molar-refractivity contribution >= 4 is 17.3 Å². The molecule has 17 heavy (non-hydrogen) atoms. The van der Waals surface area contributed by atoms with E-state index in [1.54, 1.807) is 7.11 Å². The molecule has 1 fully saturated rings. The minimum absolute atomic E-state index is 0.603. The van der Waals surface area contributed by atoms with Crippen LogP contribution in [0.1, 0.15) is 32.6 Å². The van der Waals surface area contributed by atoms with Crippen LogP contribution >= 0.6 is 11.6 Å². The number of halogens is 1. The molecule has 1 aromatic carbocycles. The lowest BCUT2D eigenvalue weighted by atomic mass is 10.0. The molecule has 0 bridgehead atoms. The van der Waals surface area contributed by atoms with Crippen molar-refractivity contribution in [3.05, 3.63) is 23.2 Å². The molecule has 0 saturated heterocycles. The van der Waals surface area contributed by atoms with Crippen LogP contribution in [-0.2, 0) is 0 Å². The van der Waals surface area contributed by atoms with E-state index >= 15 is 0 Å². The first kappa shape index (κ1) is 12.6. The third-order valence-corrected chi connectivity index (χ3v) is 4.00. The maximum atomic E-state index is 6.02. The Balaban J connectivity index is 2.08. The van der Waals surface area contributed by atoms with Gasteiger partial charge in [0.1, 0.15) is 5.75 Å². The van der Waals surface area contributed by atoms with Crippen molar-refractivity contribution < 1.29 is 4.74 Å². The third-order valence-electron chi connectivity index (χ3n) is 3.69. The number of benzene rings is 1. The van der Waals surface area contributed by atoms with Crippen molar-refractivity contribution in [2.24, 2.45) is 5.92 Å². The molecule has 0 amide bonds. The molecule has 0 aromatic heterocycles. The Bertz CT molecular complexity index is 380. The molecule has 1 N–H and O–H groups in total. The monoisotopic (exact) mass is 253 g/mol. The van der Waals surface area contributed by atoms with E-state index in [-0.39, 0.29) is 0 Å². The molecule has 0 radical (unpaired) electrons. The van der Waals surface area contributed by atoms with Gasteiger partial charge in [0.15, 0.2) is 0 Å². The Morgan fingerprint density at radius 3 is 2.94 bits per heavy atom. The van der Waals surface area contributed by atoms with Gasteiger partial charge in [0, 0.05) is 17.8 Å². The lowest BCUT2D eigenvalue weighted by molar-refractivity contribution is 0.415. The topological polar surface area (TPSA) is 21.3 Å². The van der Waals surface area contributed by atoms with Gasteiger partial charge in [0.05, 0.1) is 12.1 Å². The van der Waals surface area contributed by atoms with Crippen molar-refractivity contribution in [3.8, 4) is 5.75 Å². The molecular weight excluding hydrogens is 234 g/mol. The van der Waals surface area contributed by atoms with Crippen LogP contribution in [0.25, 0.3) is 0 Å². The average Bonchev–Trinajstić information content (AvgIpc) is 2.79. The SMILES string of the molecule is CCC1CCCC1Nc1ccc(Cl)c(OC)c1. The van der Waals surface area contributed by atoms with Gasteiger partial charge in [-0.15, -0.1) is 0 Å². The summed E-state index contributed by atoms with van der Waals surface area (Å²) in [5.74, 6) is 1.54. The average molecular weight is 254 g/mol. The van der Waals surface area contributed by atoms with E-state index in [1.165, 1.54) is 25.7 Å². The molecule has 0 heterocycles. The molecule has 2 nitrogen and oxygen atoms in total. The fourth-order valence-corrected chi connectivity index (χ4v) is 2.87. The van der Waals surface area contributed by atoms with Gasteiger partial charge in [0.2, 0.25) is 0 Å². The zero-order chi connectivity index (χ0) is 12.3. The van der Waals surface area contributed by atoms with E-state index in [9.17, 15) is 0 Å². The summed E-state index contributed by atoms with van der Waals surface area (Å²) < 4.78 is 5.23. The number of anilines is 1. The van der Waals surface area contributed by atoms with E-state index < -0.39 is 0 Å². The number of nitrogens with one attached hydrogen (secondary N) is 1. The predicted molar refractivity (Wildman–Crippen MR) is 73.0 cm³/mol. The van der Waals surface area contributed by atoms with Crippen LogP contribution in [-0.4, -0.2) is 13.2 Å². The van der Waals surface area contributed by atoms with E-state index in [1.807, 2.05) is 18.2 Å². The van der Waals surface area contributed by atoms with Gasteiger partial charge < -0.3 is 10.1 Å². The highest BCUT2D eigenvalue weighted by molar-refractivity contribution is 6.32. The predicted octanol–water partition coefficient (Wildman–Crippen LogP) is 4.34. The van der Waals surface area contributed by atoms with E-state index in [4.69, 9.17) is 16.3 Å². The molecule has 1 saturated carbocycles. The molecule has 2 unspecified atom stereocenters. The normalized spacial score (nSPS) is 23.7. The molecule has 94 valence electrons. The molecule has 0 spiro atoms. The molecular formula is C14H20ClNO. The zero-order valence-corrected chi connectivity index (χ0v) is 11.3. The zero-order valence-electron chi connectivity index (χ0n) is 10.5. The van der Waals surface area contributed by atoms with Crippen LogP contribution in [0.4, 0.5) is 5.69 Å². The quantitative estimate of drug-likeness (QED) is 0.862. The second-order valence-corrected chi connectivity index (χ2v) is 5.11. The first-order chi connectivity index (χ1) is 8.24. The Hall–Kier alpha value is -0.890. The molecule has 0 aliphatic heterocycles. The Morgan fingerprint density at radius 1 is 1.41 bits per heavy atom. The van der Waals surface area contributed by atoms with Crippen LogP contribution in [0, 0.1) is 5.92 Å². The maximum absolute atomic E-state index is 6.02. The fourth-order valence-electron chi connectivity index (χ4n) is 2.68. The van der Waals surface area contributed by atoms with Gasteiger partial charge >= 0.3 is 0 Å². The number of ether oxygens (including phenoxy) is 1. The first-order valence-electron chi connectivity index (χ1n) is 6.34. The summed E-state index contributed by atoms with van der Waals surface area (Å²) in [4.78, 5) is 0. The Morgan fingerprint density at radius 2 is 2.24 bits per heavy atom. The summed E-state index contributed by atoms with van der Waals surface area (Å²) in [5.41, 5.74) is 1.11. The number of hydrogen-bond acceptors (Lipinski definition) is 2. The second-order valence-electron chi connectivity index (χ2n) is 4.70. The molecule has 2 rings (SSSR count). The third kappa shape index (κ3) is 2.86. The number of rotatable bonds is 4. The Labute approximate surface area is 108 Å². The van der Waals surface area contributed by atoms with Gasteiger partial charge in [-0.1, -0.05) is 31.4 Å². The number of hydrogen-bond donors (Lipinski definition) is 1. The van der Waals surface area contributed by atoms with Crippen molar-refractivity contribution in [1.29, 1.82) is 0 Å². The first-order valence-corrected chi connectivity index (χ1v) is 6.72. The minimum Gasteiger partial charge on any atom is -0.495 e. The van der Waals surface area contributed by atoms with Crippen molar-refractivity contribution in [2.75, 3.05) is 12.4 Å². The Kier molecular flexibility index (Phi) is 4.16. The summed E-state index contributed by atoms with van der Waals surface area (Å²) in [6.45, 7) is 2.27. The van der Waals surface area contributed by atoms with Crippen LogP contribution in [0.15, 0.2) is 18.2 Å². The highest BCUT2D eigenvalue weighted by Gasteiger charge is 2.25. The molecule has 1 aliphatic carbocycles. The van der Waals surface area contributed by atoms with Crippen LogP contribution in [0.2, 0.25) is 5.02 Å². The lowest BCUT2D eigenvalue weighted by Crippen LogP contribution is -2.23. The fraction of sp³-hybridized carbons (Fsp3) is 0.571. The summed E-state index contributed by atoms with van der Waals surface area (Å²) in [7, 11) is 1.65. The molecule has 1 aliphatic rings. The van der Waals surface area contributed by atoms with Gasteiger partial charge in [0.25, 0.3) is 0 Å². The molecule has 1 aromatic rings. The summed E-state index contributed by atoms with van der Waals surface area (Å²) in [6, 6.07) is 6.49.